The minimum atomic E-state index is 0.573. The van der Waals surface area contributed by atoms with Crippen LogP contribution in [0, 0.1) is 11.3 Å². The van der Waals surface area contributed by atoms with E-state index in [2.05, 4.69) is 17.3 Å². The van der Waals surface area contributed by atoms with E-state index in [0.29, 0.717) is 5.41 Å². The summed E-state index contributed by atoms with van der Waals surface area (Å²) < 4.78 is 0. The SMILES string of the molecule is CN1CCC(CCNC2=NCC3(CCCC3)CS2)CC1. The van der Waals surface area contributed by atoms with Gasteiger partial charge in [0.2, 0.25) is 0 Å². The van der Waals surface area contributed by atoms with Crippen molar-refractivity contribution >= 4 is 16.9 Å². The van der Waals surface area contributed by atoms with Crippen LogP contribution < -0.4 is 5.32 Å². The van der Waals surface area contributed by atoms with Gasteiger partial charge in [0.25, 0.3) is 0 Å². The Labute approximate surface area is 128 Å². The molecule has 20 heavy (non-hydrogen) atoms. The molecule has 0 bridgehead atoms. The van der Waals surface area contributed by atoms with E-state index in [0.717, 1.165) is 19.0 Å². The summed E-state index contributed by atoms with van der Waals surface area (Å²) in [6.45, 7) is 4.76. The van der Waals surface area contributed by atoms with Gasteiger partial charge < -0.3 is 10.2 Å². The molecule has 4 heteroatoms. The van der Waals surface area contributed by atoms with Crippen LogP contribution in [0.2, 0.25) is 0 Å². The largest absolute Gasteiger partial charge is 0.365 e. The van der Waals surface area contributed by atoms with E-state index in [9.17, 15) is 0 Å². The van der Waals surface area contributed by atoms with Crippen molar-refractivity contribution in [3.63, 3.8) is 0 Å². The predicted molar refractivity (Wildman–Crippen MR) is 88.5 cm³/mol. The molecule has 114 valence electrons. The van der Waals surface area contributed by atoms with E-state index < -0.39 is 0 Å². The van der Waals surface area contributed by atoms with E-state index in [4.69, 9.17) is 4.99 Å². The van der Waals surface area contributed by atoms with Gasteiger partial charge in [-0.2, -0.15) is 0 Å². The van der Waals surface area contributed by atoms with Crippen LogP contribution in [0.25, 0.3) is 0 Å². The molecule has 1 aliphatic carbocycles. The highest BCUT2D eigenvalue weighted by molar-refractivity contribution is 8.13. The Hall–Kier alpha value is -0.220. The van der Waals surface area contributed by atoms with E-state index in [-0.39, 0.29) is 0 Å². The topological polar surface area (TPSA) is 27.6 Å². The molecule has 1 saturated heterocycles. The summed E-state index contributed by atoms with van der Waals surface area (Å²) in [5.41, 5.74) is 0.573. The second-order valence-electron chi connectivity index (χ2n) is 7.08. The second kappa shape index (κ2) is 6.69. The maximum Gasteiger partial charge on any atom is 0.156 e. The normalized spacial score (nSPS) is 27.8. The fraction of sp³-hybridized carbons (Fsp3) is 0.938. The molecule has 3 rings (SSSR count). The number of amidine groups is 1. The number of aliphatic imine (C=N–C) groups is 1. The monoisotopic (exact) mass is 295 g/mol. The molecule has 0 aromatic carbocycles. The maximum atomic E-state index is 4.82. The van der Waals surface area contributed by atoms with Gasteiger partial charge in [0.1, 0.15) is 0 Å². The number of hydrogen-bond donors (Lipinski definition) is 1. The van der Waals surface area contributed by atoms with Crippen molar-refractivity contribution in [2.45, 2.75) is 44.9 Å². The zero-order valence-electron chi connectivity index (χ0n) is 12.9. The van der Waals surface area contributed by atoms with Crippen molar-refractivity contribution in [1.29, 1.82) is 0 Å². The van der Waals surface area contributed by atoms with Gasteiger partial charge in [-0.25, -0.2) is 0 Å². The lowest BCUT2D eigenvalue weighted by Gasteiger charge is -2.32. The first kappa shape index (κ1) is 14.7. The molecule has 0 amide bonds. The maximum absolute atomic E-state index is 4.82. The Balaban J connectivity index is 1.36. The fourth-order valence-corrected chi connectivity index (χ4v) is 5.00. The minimum Gasteiger partial charge on any atom is -0.365 e. The lowest BCUT2D eigenvalue weighted by molar-refractivity contribution is 0.213. The van der Waals surface area contributed by atoms with Crippen molar-refractivity contribution in [1.82, 2.24) is 10.2 Å². The fourth-order valence-electron chi connectivity index (χ4n) is 3.82. The van der Waals surface area contributed by atoms with Crippen LogP contribution in [0.1, 0.15) is 44.9 Å². The average Bonchev–Trinajstić information content (AvgIpc) is 2.92. The first-order valence-corrected chi connectivity index (χ1v) is 9.34. The second-order valence-corrected chi connectivity index (χ2v) is 8.04. The highest BCUT2D eigenvalue weighted by Gasteiger charge is 2.36. The molecule has 2 aliphatic heterocycles. The van der Waals surface area contributed by atoms with Crippen molar-refractivity contribution in [2.75, 3.05) is 39.0 Å². The molecule has 0 unspecified atom stereocenters. The van der Waals surface area contributed by atoms with Gasteiger partial charge in [-0.3, -0.25) is 4.99 Å². The molecule has 0 radical (unpaired) electrons. The van der Waals surface area contributed by atoms with Gasteiger partial charge >= 0.3 is 0 Å². The predicted octanol–water partition coefficient (Wildman–Crippen LogP) is 2.97. The molecule has 3 aliphatic rings. The van der Waals surface area contributed by atoms with Crippen LogP contribution in [-0.2, 0) is 0 Å². The molecular formula is C16H29N3S. The lowest BCUT2D eigenvalue weighted by atomic mass is 9.89. The molecule has 0 aromatic rings. The van der Waals surface area contributed by atoms with Crippen molar-refractivity contribution in [3.05, 3.63) is 0 Å². The van der Waals surface area contributed by atoms with Crippen LogP contribution in [0.3, 0.4) is 0 Å². The van der Waals surface area contributed by atoms with Crippen LogP contribution in [-0.4, -0.2) is 49.0 Å². The third kappa shape index (κ3) is 3.70. The standard InChI is InChI=1S/C16H29N3S/c1-19-10-5-14(6-11-19)4-9-17-15-18-12-16(13-20-15)7-2-3-8-16/h14H,2-13H2,1H3,(H,17,18). The van der Waals surface area contributed by atoms with E-state index in [1.165, 1.54) is 69.0 Å². The molecule has 1 spiro atoms. The summed E-state index contributed by atoms with van der Waals surface area (Å²) in [6.07, 6.45) is 9.74. The molecule has 3 nitrogen and oxygen atoms in total. The number of likely N-dealkylation sites (tertiary alicyclic amines) is 1. The number of thioether (sulfide) groups is 1. The minimum absolute atomic E-state index is 0.573. The Morgan fingerprint density at radius 1 is 1.30 bits per heavy atom. The zero-order valence-corrected chi connectivity index (χ0v) is 13.7. The van der Waals surface area contributed by atoms with Gasteiger partial charge in [0.05, 0.1) is 0 Å². The van der Waals surface area contributed by atoms with Gasteiger partial charge in [0, 0.05) is 18.8 Å². The molecule has 1 saturated carbocycles. The summed E-state index contributed by atoms with van der Waals surface area (Å²) in [5.74, 6) is 2.22. The van der Waals surface area contributed by atoms with Crippen LogP contribution in [0.15, 0.2) is 4.99 Å². The molecule has 2 heterocycles. The number of hydrogen-bond acceptors (Lipinski definition) is 4. The Bertz CT molecular complexity index is 342. The highest BCUT2D eigenvalue weighted by atomic mass is 32.2. The molecule has 0 aromatic heterocycles. The van der Waals surface area contributed by atoms with Gasteiger partial charge in [-0.15, -0.1) is 0 Å². The van der Waals surface area contributed by atoms with E-state index in [1.807, 2.05) is 11.8 Å². The van der Waals surface area contributed by atoms with Gasteiger partial charge in [-0.05, 0) is 63.6 Å². The van der Waals surface area contributed by atoms with Crippen LogP contribution in [0.4, 0.5) is 0 Å². The smallest absolute Gasteiger partial charge is 0.156 e. The summed E-state index contributed by atoms with van der Waals surface area (Å²) >= 11 is 1.98. The zero-order chi connectivity index (χ0) is 13.8. The summed E-state index contributed by atoms with van der Waals surface area (Å²) in [6, 6.07) is 0. The number of nitrogens with one attached hydrogen (secondary N) is 1. The third-order valence-corrected chi connectivity index (χ3v) is 6.71. The Morgan fingerprint density at radius 3 is 2.70 bits per heavy atom. The third-order valence-electron chi connectivity index (χ3n) is 5.40. The quantitative estimate of drug-likeness (QED) is 0.867. The lowest BCUT2D eigenvalue weighted by Crippen LogP contribution is -2.35. The summed E-state index contributed by atoms with van der Waals surface area (Å²) in [7, 11) is 2.24. The van der Waals surface area contributed by atoms with Gasteiger partial charge in [0.15, 0.2) is 5.17 Å². The average molecular weight is 295 g/mol. The Morgan fingerprint density at radius 2 is 2.05 bits per heavy atom. The first-order chi connectivity index (χ1) is 9.76. The number of rotatable bonds is 3. The first-order valence-electron chi connectivity index (χ1n) is 8.35. The van der Waals surface area contributed by atoms with Crippen LogP contribution in [0.5, 0.6) is 0 Å². The molecule has 1 N–H and O–H groups in total. The molecule has 2 fully saturated rings. The van der Waals surface area contributed by atoms with Gasteiger partial charge in [-0.1, -0.05) is 24.6 Å². The van der Waals surface area contributed by atoms with Crippen molar-refractivity contribution in [2.24, 2.45) is 16.3 Å². The van der Waals surface area contributed by atoms with Crippen molar-refractivity contribution in [3.8, 4) is 0 Å². The van der Waals surface area contributed by atoms with Crippen LogP contribution >= 0.6 is 11.8 Å². The highest BCUT2D eigenvalue weighted by Crippen LogP contribution is 2.43. The molecular weight excluding hydrogens is 266 g/mol. The number of nitrogens with zero attached hydrogens (tertiary/aromatic N) is 2. The Kier molecular flexibility index (Phi) is 4.92. The molecule has 0 atom stereocenters. The van der Waals surface area contributed by atoms with E-state index >= 15 is 0 Å². The number of piperidine rings is 1. The van der Waals surface area contributed by atoms with Crippen molar-refractivity contribution < 1.29 is 0 Å². The summed E-state index contributed by atoms with van der Waals surface area (Å²) in [4.78, 5) is 7.27. The summed E-state index contributed by atoms with van der Waals surface area (Å²) in [5, 5.41) is 4.80. The van der Waals surface area contributed by atoms with E-state index in [1.54, 1.807) is 0 Å².